The molecule has 3 nitrogen and oxygen atoms in total. The quantitative estimate of drug-likeness (QED) is 0.813. The highest BCUT2D eigenvalue weighted by atomic mass is 16.2. The largest absolute Gasteiger partial charge is 0.385 e. The van der Waals surface area contributed by atoms with Crippen molar-refractivity contribution in [1.82, 2.24) is 4.90 Å². The number of amides is 1. The van der Waals surface area contributed by atoms with E-state index < -0.39 is 0 Å². The lowest BCUT2D eigenvalue weighted by Gasteiger charge is -2.18. The lowest BCUT2D eigenvalue weighted by Crippen LogP contribution is -2.27. The van der Waals surface area contributed by atoms with Gasteiger partial charge in [0.2, 0.25) is 0 Å². The molecule has 1 aromatic rings. The Morgan fingerprint density at radius 1 is 1.26 bits per heavy atom. The van der Waals surface area contributed by atoms with Crippen LogP contribution in [0.15, 0.2) is 18.2 Å². The van der Waals surface area contributed by atoms with Gasteiger partial charge >= 0.3 is 0 Å². The molecule has 0 aliphatic heterocycles. The van der Waals surface area contributed by atoms with Crippen LogP contribution in [0.1, 0.15) is 49.0 Å². The van der Waals surface area contributed by atoms with Gasteiger partial charge in [-0.1, -0.05) is 20.3 Å². The van der Waals surface area contributed by atoms with Crippen LogP contribution in [0.3, 0.4) is 0 Å². The Kier molecular flexibility index (Phi) is 6.40. The first-order valence-corrected chi connectivity index (χ1v) is 7.20. The molecule has 0 heterocycles. The van der Waals surface area contributed by atoms with E-state index in [1.165, 1.54) is 0 Å². The van der Waals surface area contributed by atoms with Crippen LogP contribution in [0, 0.1) is 6.92 Å². The number of carbonyl (C=O) groups excluding carboxylic acids is 1. The lowest BCUT2D eigenvalue weighted by atomic mass is 10.1. The van der Waals surface area contributed by atoms with E-state index in [9.17, 15) is 4.79 Å². The molecule has 0 atom stereocenters. The van der Waals surface area contributed by atoms with Crippen LogP contribution in [0.25, 0.3) is 0 Å². The summed E-state index contributed by atoms with van der Waals surface area (Å²) in [7, 11) is 1.87. The van der Waals surface area contributed by atoms with Gasteiger partial charge in [-0.25, -0.2) is 0 Å². The molecule has 1 aromatic carbocycles. The summed E-state index contributed by atoms with van der Waals surface area (Å²) in [6, 6.07) is 5.89. The number of hydrogen-bond donors (Lipinski definition) is 1. The van der Waals surface area contributed by atoms with E-state index in [2.05, 4.69) is 19.2 Å². The average molecular weight is 262 g/mol. The number of anilines is 1. The van der Waals surface area contributed by atoms with Gasteiger partial charge in [0.1, 0.15) is 0 Å². The summed E-state index contributed by atoms with van der Waals surface area (Å²) in [5, 5.41) is 3.37. The van der Waals surface area contributed by atoms with Crippen LogP contribution in [0.2, 0.25) is 0 Å². The van der Waals surface area contributed by atoms with Crippen molar-refractivity contribution in [3.05, 3.63) is 29.3 Å². The molecule has 0 fully saturated rings. The third kappa shape index (κ3) is 4.58. The van der Waals surface area contributed by atoms with Crippen molar-refractivity contribution >= 4 is 11.6 Å². The van der Waals surface area contributed by atoms with Gasteiger partial charge in [0, 0.05) is 31.4 Å². The fourth-order valence-electron chi connectivity index (χ4n) is 1.97. The van der Waals surface area contributed by atoms with Gasteiger partial charge in [0.15, 0.2) is 0 Å². The first-order chi connectivity index (χ1) is 9.10. The van der Waals surface area contributed by atoms with Crippen molar-refractivity contribution in [3.63, 3.8) is 0 Å². The molecular formula is C16H26N2O. The highest BCUT2D eigenvalue weighted by molar-refractivity contribution is 5.94. The van der Waals surface area contributed by atoms with Crippen LogP contribution >= 0.6 is 0 Å². The highest BCUT2D eigenvalue weighted by Gasteiger charge is 2.12. The molecule has 0 unspecified atom stereocenters. The Morgan fingerprint density at radius 3 is 2.58 bits per heavy atom. The maximum absolute atomic E-state index is 12.2. The molecule has 19 heavy (non-hydrogen) atoms. The van der Waals surface area contributed by atoms with Gasteiger partial charge < -0.3 is 10.2 Å². The number of nitrogens with zero attached hydrogens (tertiary/aromatic N) is 1. The van der Waals surface area contributed by atoms with Crippen molar-refractivity contribution in [1.29, 1.82) is 0 Å². The monoisotopic (exact) mass is 262 g/mol. The van der Waals surface area contributed by atoms with Crippen LogP contribution in [-0.4, -0.2) is 30.9 Å². The highest BCUT2D eigenvalue weighted by Crippen LogP contribution is 2.17. The zero-order chi connectivity index (χ0) is 14.3. The Labute approximate surface area is 117 Å². The predicted molar refractivity (Wildman–Crippen MR) is 81.8 cm³/mol. The topological polar surface area (TPSA) is 32.3 Å². The van der Waals surface area contributed by atoms with E-state index in [0.29, 0.717) is 0 Å². The normalized spacial score (nSPS) is 10.3. The molecule has 106 valence electrons. The van der Waals surface area contributed by atoms with Crippen molar-refractivity contribution in [3.8, 4) is 0 Å². The predicted octanol–water partition coefficient (Wildman–Crippen LogP) is 3.69. The zero-order valence-electron chi connectivity index (χ0n) is 12.6. The molecule has 1 rings (SSSR count). The van der Waals surface area contributed by atoms with Gasteiger partial charge in [-0.15, -0.1) is 0 Å². The Hall–Kier alpha value is -1.51. The van der Waals surface area contributed by atoms with Crippen LogP contribution in [0.5, 0.6) is 0 Å². The smallest absolute Gasteiger partial charge is 0.253 e. The average Bonchev–Trinajstić information content (AvgIpc) is 2.42. The lowest BCUT2D eigenvalue weighted by molar-refractivity contribution is 0.0793. The minimum atomic E-state index is 0.110. The third-order valence-corrected chi connectivity index (χ3v) is 3.23. The van der Waals surface area contributed by atoms with E-state index >= 15 is 0 Å². The minimum absolute atomic E-state index is 0.110. The maximum Gasteiger partial charge on any atom is 0.253 e. The molecule has 1 amide bonds. The van der Waals surface area contributed by atoms with Crippen LogP contribution < -0.4 is 5.32 Å². The number of benzene rings is 1. The fourth-order valence-corrected chi connectivity index (χ4v) is 1.97. The summed E-state index contributed by atoms with van der Waals surface area (Å²) in [6.45, 7) is 8.11. The molecule has 3 heteroatoms. The Morgan fingerprint density at radius 2 is 2.00 bits per heavy atom. The molecule has 0 radical (unpaired) electrons. The molecule has 1 N–H and O–H groups in total. The molecule has 0 saturated carbocycles. The number of aryl methyl sites for hydroxylation is 1. The maximum atomic E-state index is 12.2. The molecular weight excluding hydrogens is 236 g/mol. The van der Waals surface area contributed by atoms with E-state index in [0.717, 1.165) is 49.2 Å². The van der Waals surface area contributed by atoms with Crippen LogP contribution in [0.4, 0.5) is 5.69 Å². The number of unbranched alkanes of at least 4 members (excludes halogenated alkanes) is 1. The second kappa shape index (κ2) is 7.82. The minimum Gasteiger partial charge on any atom is -0.385 e. The summed E-state index contributed by atoms with van der Waals surface area (Å²) in [6.07, 6.45) is 3.26. The van der Waals surface area contributed by atoms with Crippen molar-refractivity contribution < 1.29 is 4.79 Å². The number of nitrogens with one attached hydrogen (secondary N) is 1. The second-order valence-corrected chi connectivity index (χ2v) is 5.04. The second-order valence-electron chi connectivity index (χ2n) is 5.04. The van der Waals surface area contributed by atoms with Crippen LogP contribution in [-0.2, 0) is 0 Å². The SMILES string of the molecule is CCCCN(C)C(=O)c1ccc(NCCC)c(C)c1. The summed E-state index contributed by atoms with van der Waals surface area (Å²) < 4.78 is 0. The number of hydrogen-bond acceptors (Lipinski definition) is 2. The molecule has 0 aromatic heterocycles. The Bertz CT molecular complexity index is 415. The number of carbonyl (C=O) groups is 1. The Balaban J connectivity index is 2.73. The fraction of sp³-hybridized carbons (Fsp3) is 0.562. The van der Waals surface area contributed by atoms with E-state index in [-0.39, 0.29) is 5.91 Å². The van der Waals surface area contributed by atoms with E-state index in [1.54, 1.807) is 4.90 Å². The van der Waals surface area contributed by atoms with E-state index in [1.807, 2.05) is 32.2 Å². The first-order valence-electron chi connectivity index (χ1n) is 7.20. The summed E-state index contributed by atoms with van der Waals surface area (Å²) in [5.74, 6) is 0.110. The molecule has 0 aliphatic rings. The van der Waals surface area contributed by atoms with Gasteiger partial charge in [0.25, 0.3) is 5.91 Å². The molecule has 0 spiro atoms. The molecule has 0 saturated heterocycles. The first kappa shape index (κ1) is 15.5. The van der Waals surface area contributed by atoms with Gasteiger partial charge in [-0.05, 0) is 43.5 Å². The van der Waals surface area contributed by atoms with Gasteiger partial charge in [-0.3, -0.25) is 4.79 Å². The third-order valence-electron chi connectivity index (χ3n) is 3.23. The van der Waals surface area contributed by atoms with E-state index in [4.69, 9.17) is 0 Å². The standard InChI is InChI=1S/C16H26N2O/c1-5-7-11-18(4)16(19)14-8-9-15(13(3)12-14)17-10-6-2/h8-9,12,17H,5-7,10-11H2,1-4H3. The van der Waals surface area contributed by atoms with Gasteiger partial charge in [-0.2, -0.15) is 0 Å². The number of rotatable bonds is 7. The summed E-state index contributed by atoms with van der Waals surface area (Å²) in [4.78, 5) is 14.0. The van der Waals surface area contributed by atoms with Crippen molar-refractivity contribution in [2.24, 2.45) is 0 Å². The summed E-state index contributed by atoms with van der Waals surface area (Å²) >= 11 is 0. The molecule has 0 aliphatic carbocycles. The molecule has 0 bridgehead atoms. The van der Waals surface area contributed by atoms with Gasteiger partial charge in [0.05, 0.1) is 0 Å². The van der Waals surface area contributed by atoms with Crippen molar-refractivity contribution in [2.45, 2.75) is 40.0 Å². The van der Waals surface area contributed by atoms with Crippen molar-refractivity contribution in [2.75, 3.05) is 25.5 Å². The zero-order valence-corrected chi connectivity index (χ0v) is 12.6. The summed E-state index contributed by atoms with van der Waals surface area (Å²) in [5.41, 5.74) is 3.02.